The molecule has 2 aliphatic rings. The summed E-state index contributed by atoms with van der Waals surface area (Å²) in [5, 5.41) is 7.66. The van der Waals surface area contributed by atoms with Gasteiger partial charge in [0.15, 0.2) is 0 Å². The SMILES string of the molecule is C[C@@H]1Cc2cnc(NCc3ccn(C)n3)nc2CN1C(=O)[C@H]1CCN(C)C[C@@H]1c1ccccc1. The maximum atomic E-state index is 13.9. The Balaban J connectivity index is 1.33. The van der Waals surface area contributed by atoms with Crippen molar-refractivity contribution in [2.45, 2.75) is 44.8 Å². The Bertz CT molecular complexity index is 1150. The summed E-state index contributed by atoms with van der Waals surface area (Å²) < 4.78 is 1.78. The molecule has 4 heterocycles. The molecule has 1 N–H and O–H groups in total. The van der Waals surface area contributed by atoms with E-state index in [-0.39, 0.29) is 23.8 Å². The van der Waals surface area contributed by atoms with Crippen LogP contribution >= 0.6 is 0 Å². The van der Waals surface area contributed by atoms with E-state index < -0.39 is 0 Å². The van der Waals surface area contributed by atoms with Gasteiger partial charge in [-0.1, -0.05) is 30.3 Å². The van der Waals surface area contributed by atoms with Gasteiger partial charge in [-0.3, -0.25) is 9.48 Å². The molecule has 0 spiro atoms. The predicted octanol–water partition coefficient (Wildman–Crippen LogP) is 2.83. The highest BCUT2D eigenvalue weighted by atomic mass is 16.2. The van der Waals surface area contributed by atoms with E-state index in [2.05, 4.69) is 58.5 Å². The van der Waals surface area contributed by atoms with Gasteiger partial charge in [0.2, 0.25) is 11.9 Å². The quantitative estimate of drug-likeness (QED) is 0.632. The fourth-order valence-corrected chi connectivity index (χ4v) is 5.26. The van der Waals surface area contributed by atoms with Gasteiger partial charge >= 0.3 is 0 Å². The number of aromatic nitrogens is 4. The molecule has 1 aromatic carbocycles. The Morgan fingerprint density at radius 1 is 1.18 bits per heavy atom. The minimum atomic E-state index is -0.00816. The van der Waals surface area contributed by atoms with Crippen LogP contribution in [0.1, 0.15) is 41.8 Å². The van der Waals surface area contributed by atoms with E-state index in [9.17, 15) is 4.79 Å². The zero-order chi connectivity index (χ0) is 23.7. The zero-order valence-corrected chi connectivity index (χ0v) is 20.2. The molecule has 1 fully saturated rings. The number of nitrogens with zero attached hydrogens (tertiary/aromatic N) is 6. The summed E-state index contributed by atoms with van der Waals surface area (Å²) in [4.78, 5) is 27.6. The fraction of sp³-hybridized carbons (Fsp3) is 0.462. The van der Waals surface area contributed by atoms with E-state index in [1.54, 1.807) is 4.68 Å². The number of likely N-dealkylation sites (N-methyl/N-ethyl adjacent to an activating group) is 1. The minimum Gasteiger partial charge on any atom is -0.348 e. The summed E-state index contributed by atoms with van der Waals surface area (Å²) >= 11 is 0. The monoisotopic (exact) mass is 459 g/mol. The zero-order valence-electron chi connectivity index (χ0n) is 20.2. The average Bonchev–Trinajstić information content (AvgIpc) is 3.27. The number of hydrogen-bond donors (Lipinski definition) is 1. The highest BCUT2D eigenvalue weighted by Gasteiger charge is 2.39. The van der Waals surface area contributed by atoms with Crippen molar-refractivity contribution in [3.8, 4) is 0 Å². The number of piperidine rings is 1. The molecule has 0 aliphatic carbocycles. The van der Waals surface area contributed by atoms with Crippen LogP contribution in [0.5, 0.6) is 0 Å². The summed E-state index contributed by atoms with van der Waals surface area (Å²) in [7, 11) is 4.05. The van der Waals surface area contributed by atoms with Crippen LogP contribution in [-0.4, -0.2) is 61.6 Å². The molecule has 3 atom stereocenters. The number of benzene rings is 1. The Morgan fingerprint density at radius 2 is 2.00 bits per heavy atom. The Hall–Kier alpha value is -3.26. The summed E-state index contributed by atoms with van der Waals surface area (Å²) in [6.45, 7) is 5.09. The van der Waals surface area contributed by atoms with E-state index in [0.717, 1.165) is 42.9 Å². The number of likely N-dealkylation sites (tertiary alicyclic amines) is 1. The first kappa shape index (κ1) is 22.5. The first-order valence-electron chi connectivity index (χ1n) is 12.1. The lowest BCUT2D eigenvalue weighted by molar-refractivity contribution is -0.141. The Kier molecular flexibility index (Phi) is 6.32. The molecule has 2 aromatic heterocycles. The second-order valence-corrected chi connectivity index (χ2v) is 9.69. The number of carbonyl (C=O) groups is 1. The minimum absolute atomic E-state index is 0.00816. The van der Waals surface area contributed by atoms with E-state index >= 15 is 0 Å². The maximum Gasteiger partial charge on any atom is 0.227 e. The van der Waals surface area contributed by atoms with E-state index in [4.69, 9.17) is 4.98 Å². The van der Waals surface area contributed by atoms with Gasteiger partial charge in [-0.25, -0.2) is 9.97 Å². The molecular formula is C26H33N7O. The summed E-state index contributed by atoms with van der Waals surface area (Å²) in [6, 6.07) is 12.6. The van der Waals surface area contributed by atoms with Crippen molar-refractivity contribution in [1.29, 1.82) is 0 Å². The van der Waals surface area contributed by atoms with E-state index in [0.29, 0.717) is 19.0 Å². The summed E-state index contributed by atoms with van der Waals surface area (Å²) in [5.41, 5.74) is 4.25. The van der Waals surface area contributed by atoms with Crippen LogP contribution < -0.4 is 5.32 Å². The van der Waals surface area contributed by atoms with Crippen molar-refractivity contribution in [3.05, 3.63) is 71.3 Å². The fourth-order valence-electron chi connectivity index (χ4n) is 5.26. The molecule has 1 saturated heterocycles. The molecule has 8 nitrogen and oxygen atoms in total. The normalized spacial score (nSPS) is 22.9. The standard InChI is InChI=1S/C26H33N7O/c1-18-13-20-14-27-26(28-15-21-9-12-32(3)30-21)29-24(20)17-33(18)25(34)22-10-11-31(2)16-23(22)19-7-5-4-6-8-19/h4-9,12,14,18,22-23H,10-11,13,15-17H2,1-3H3,(H,27,28,29)/t18-,22+,23-/m1/s1. The number of hydrogen-bond acceptors (Lipinski definition) is 6. The Labute approximate surface area is 201 Å². The first-order chi connectivity index (χ1) is 16.5. The van der Waals surface area contributed by atoms with Gasteiger partial charge in [-0.05, 0) is 50.6 Å². The van der Waals surface area contributed by atoms with Gasteiger partial charge in [0.05, 0.1) is 24.5 Å². The molecule has 2 aliphatic heterocycles. The number of aryl methyl sites for hydroxylation is 1. The van der Waals surface area contributed by atoms with Crippen LogP contribution in [0, 0.1) is 5.92 Å². The molecule has 5 rings (SSSR count). The lowest BCUT2D eigenvalue weighted by atomic mass is 9.79. The topological polar surface area (TPSA) is 79.2 Å². The summed E-state index contributed by atoms with van der Waals surface area (Å²) in [6.07, 6.45) is 5.49. The number of fused-ring (bicyclic) bond motifs is 1. The van der Waals surface area contributed by atoms with Gasteiger partial charge < -0.3 is 15.1 Å². The van der Waals surface area contributed by atoms with Crippen LogP contribution in [0.15, 0.2) is 48.8 Å². The average molecular weight is 460 g/mol. The molecule has 8 heteroatoms. The lowest BCUT2D eigenvalue weighted by Crippen LogP contribution is -2.50. The molecule has 0 bridgehead atoms. The number of amides is 1. The van der Waals surface area contributed by atoms with Crippen LogP contribution in [0.2, 0.25) is 0 Å². The second kappa shape index (κ2) is 9.54. The van der Waals surface area contributed by atoms with Crippen molar-refractivity contribution >= 4 is 11.9 Å². The highest BCUT2D eigenvalue weighted by Crippen LogP contribution is 2.35. The predicted molar refractivity (Wildman–Crippen MR) is 131 cm³/mol. The van der Waals surface area contributed by atoms with Crippen molar-refractivity contribution < 1.29 is 4.79 Å². The largest absolute Gasteiger partial charge is 0.348 e. The number of anilines is 1. The Morgan fingerprint density at radius 3 is 2.76 bits per heavy atom. The van der Waals surface area contributed by atoms with Crippen molar-refractivity contribution in [2.24, 2.45) is 13.0 Å². The van der Waals surface area contributed by atoms with E-state index in [1.165, 1.54) is 5.56 Å². The van der Waals surface area contributed by atoms with Gasteiger partial charge in [0, 0.05) is 43.9 Å². The van der Waals surface area contributed by atoms with Gasteiger partial charge in [-0.15, -0.1) is 0 Å². The summed E-state index contributed by atoms with van der Waals surface area (Å²) in [5.74, 6) is 1.03. The van der Waals surface area contributed by atoms with Crippen molar-refractivity contribution in [1.82, 2.24) is 29.5 Å². The van der Waals surface area contributed by atoms with Crippen LogP contribution in [0.3, 0.4) is 0 Å². The number of carbonyl (C=O) groups excluding carboxylic acids is 1. The number of nitrogens with one attached hydrogen (secondary N) is 1. The number of rotatable bonds is 5. The second-order valence-electron chi connectivity index (χ2n) is 9.69. The molecule has 34 heavy (non-hydrogen) atoms. The smallest absolute Gasteiger partial charge is 0.227 e. The third-order valence-corrected chi connectivity index (χ3v) is 7.16. The third kappa shape index (κ3) is 4.68. The maximum absolute atomic E-state index is 13.9. The molecular weight excluding hydrogens is 426 g/mol. The van der Waals surface area contributed by atoms with Crippen LogP contribution in [-0.2, 0) is 31.4 Å². The lowest BCUT2D eigenvalue weighted by Gasteiger charge is -2.42. The third-order valence-electron chi connectivity index (χ3n) is 7.16. The molecule has 1 amide bonds. The highest BCUT2D eigenvalue weighted by molar-refractivity contribution is 5.80. The van der Waals surface area contributed by atoms with Gasteiger partial charge in [0.25, 0.3) is 0 Å². The van der Waals surface area contributed by atoms with Crippen LogP contribution in [0.4, 0.5) is 5.95 Å². The van der Waals surface area contributed by atoms with Crippen molar-refractivity contribution in [3.63, 3.8) is 0 Å². The molecule has 178 valence electrons. The molecule has 0 unspecified atom stereocenters. The molecule has 3 aromatic rings. The van der Waals surface area contributed by atoms with Crippen molar-refractivity contribution in [2.75, 3.05) is 25.5 Å². The van der Waals surface area contributed by atoms with Gasteiger partial charge in [-0.2, -0.15) is 5.10 Å². The molecule has 0 radical (unpaired) electrons. The van der Waals surface area contributed by atoms with E-state index in [1.807, 2.05) is 36.5 Å². The van der Waals surface area contributed by atoms with Crippen LogP contribution in [0.25, 0.3) is 0 Å². The van der Waals surface area contributed by atoms with Gasteiger partial charge in [0.1, 0.15) is 0 Å². The first-order valence-corrected chi connectivity index (χ1v) is 12.1. The molecule has 0 saturated carbocycles.